The van der Waals surface area contributed by atoms with Crippen molar-refractivity contribution in [1.29, 1.82) is 0 Å². The molecule has 0 aliphatic carbocycles. The lowest BCUT2D eigenvalue weighted by Gasteiger charge is -2.11. The van der Waals surface area contributed by atoms with Crippen LogP contribution in [0.2, 0.25) is 10.0 Å². The van der Waals surface area contributed by atoms with Gasteiger partial charge in [0.05, 0.1) is 21.3 Å². The number of hydrogen-bond acceptors (Lipinski definition) is 3. The molecule has 0 bridgehead atoms. The first-order chi connectivity index (χ1) is 10.9. The quantitative estimate of drug-likeness (QED) is 0.851. The van der Waals surface area contributed by atoms with Gasteiger partial charge in [-0.05, 0) is 30.7 Å². The summed E-state index contributed by atoms with van der Waals surface area (Å²) in [6.07, 6.45) is 0. The Morgan fingerprint density at radius 1 is 1.17 bits per heavy atom. The van der Waals surface area contributed by atoms with Crippen LogP contribution in [0.15, 0.2) is 36.4 Å². The number of rotatable bonds is 5. The number of carbonyl (C=O) groups excluding carboxylic acids is 1. The van der Waals surface area contributed by atoms with Crippen molar-refractivity contribution in [2.24, 2.45) is 0 Å². The minimum absolute atomic E-state index is 0.00309. The molecule has 0 heterocycles. The van der Waals surface area contributed by atoms with E-state index in [4.69, 9.17) is 33.0 Å². The van der Waals surface area contributed by atoms with Crippen molar-refractivity contribution in [1.82, 2.24) is 0 Å². The number of carbonyl (C=O) groups is 2. The highest BCUT2D eigenvalue weighted by atomic mass is 35.5. The zero-order valence-electron chi connectivity index (χ0n) is 12.1. The number of amides is 1. The number of aryl methyl sites for hydroxylation is 1. The van der Waals surface area contributed by atoms with Crippen LogP contribution >= 0.6 is 23.2 Å². The van der Waals surface area contributed by atoms with Crippen molar-refractivity contribution in [3.8, 4) is 5.75 Å². The van der Waals surface area contributed by atoms with Gasteiger partial charge in [-0.15, -0.1) is 0 Å². The number of benzene rings is 2. The number of ether oxygens (including phenoxy) is 1. The van der Waals surface area contributed by atoms with Crippen LogP contribution in [-0.2, 0) is 4.79 Å². The normalized spacial score (nSPS) is 10.2. The summed E-state index contributed by atoms with van der Waals surface area (Å²) in [6.45, 7) is 1.63. The lowest BCUT2D eigenvalue weighted by Crippen LogP contribution is -2.21. The molecule has 2 rings (SSSR count). The van der Waals surface area contributed by atoms with Crippen LogP contribution in [0.25, 0.3) is 0 Å². The van der Waals surface area contributed by atoms with Gasteiger partial charge >= 0.3 is 5.97 Å². The SMILES string of the molecule is Cc1ccccc1OCC(=O)Nc1cc(C(=O)O)c(Cl)cc1Cl. The monoisotopic (exact) mass is 353 g/mol. The van der Waals surface area contributed by atoms with Gasteiger partial charge in [-0.3, -0.25) is 4.79 Å². The Morgan fingerprint density at radius 2 is 1.87 bits per heavy atom. The van der Waals surface area contributed by atoms with E-state index in [-0.39, 0.29) is 27.9 Å². The van der Waals surface area contributed by atoms with E-state index in [0.29, 0.717) is 5.75 Å². The highest BCUT2D eigenvalue weighted by molar-refractivity contribution is 6.38. The average molecular weight is 354 g/mol. The van der Waals surface area contributed by atoms with Gasteiger partial charge < -0.3 is 15.2 Å². The van der Waals surface area contributed by atoms with Crippen LogP contribution in [-0.4, -0.2) is 23.6 Å². The number of hydrogen-bond donors (Lipinski definition) is 2. The van der Waals surface area contributed by atoms with Crippen molar-refractivity contribution in [2.45, 2.75) is 6.92 Å². The summed E-state index contributed by atoms with van der Waals surface area (Å²) in [5, 5.41) is 11.7. The van der Waals surface area contributed by atoms with E-state index in [0.717, 1.165) is 5.56 Å². The Morgan fingerprint density at radius 3 is 2.52 bits per heavy atom. The van der Waals surface area contributed by atoms with Gasteiger partial charge in [0.2, 0.25) is 0 Å². The van der Waals surface area contributed by atoms with Crippen molar-refractivity contribution in [3.05, 3.63) is 57.6 Å². The summed E-state index contributed by atoms with van der Waals surface area (Å²) in [4.78, 5) is 23.0. The number of anilines is 1. The number of carboxylic acid groups (broad SMARTS) is 1. The first-order valence-corrected chi connectivity index (χ1v) is 7.34. The fourth-order valence-electron chi connectivity index (χ4n) is 1.86. The summed E-state index contributed by atoms with van der Waals surface area (Å²) >= 11 is 11.7. The maximum Gasteiger partial charge on any atom is 0.337 e. The van der Waals surface area contributed by atoms with Gasteiger partial charge in [0.25, 0.3) is 5.91 Å². The molecule has 2 aromatic rings. The lowest BCUT2D eigenvalue weighted by molar-refractivity contribution is -0.118. The van der Waals surface area contributed by atoms with E-state index in [1.807, 2.05) is 19.1 Å². The summed E-state index contributed by atoms with van der Waals surface area (Å²) in [5.41, 5.74) is 0.913. The van der Waals surface area contributed by atoms with Crippen molar-refractivity contribution in [3.63, 3.8) is 0 Å². The van der Waals surface area contributed by atoms with Gasteiger partial charge in [-0.2, -0.15) is 0 Å². The highest BCUT2D eigenvalue weighted by Crippen LogP contribution is 2.29. The Hall–Kier alpha value is -2.24. The molecule has 0 saturated heterocycles. The van der Waals surface area contributed by atoms with Crippen LogP contribution in [0, 0.1) is 6.92 Å². The Balaban J connectivity index is 2.07. The largest absolute Gasteiger partial charge is 0.483 e. The van der Waals surface area contributed by atoms with Crippen LogP contribution in [0.4, 0.5) is 5.69 Å². The zero-order chi connectivity index (χ0) is 17.0. The molecule has 0 radical (unpaired) electrons. The molecule has 1 amide bonds. The standard InChI is InChI=1S/C16H13Cl2NO4/c1-9-4-2-3-5-14(9)23-8-15(20)19-13-6-10(16(21)22)11(17)7-12(13)18/h2-7H,8H2,1H3,(H,19,20)(H,21,22). The Labute approximate surface area is 142 Å². The lowest BCUT2D eigenvalue weighted by atomic mass is 10.2. The van der Waals surface area contributed by atoms with E-state index >= 15 is 0 Å². The molecule has 0 saturated carbocycles. The predicted octanol–water partition coefficient (Wildman–Crippen LogP) is 4.02. The maximum absolute atomic E-state index is 11.9. The topological polar surface area (TPSA) is 75.6 Å². The van der Waals surface area contributed by atoms with Gasteiger partial charge in [-0.1, -0.05) is 41.4 Å². The van der Waals surface area contributed by atoms with Gasteiger partial charge in [0.1, 0.15) is 5.75 Å². The molecule has 0 spiro atoms. The van der Waals surface area contributed by atoms with E-state index in [1.165, 1.54) is 12.1 Å². The van der Waals surface area contributed by atoms with Crippen LogP contribution in [0.1, 0.15) is 15.9 Å². The number of aromatic carboxylic acids is 1. The fraction of sp³-hybridized carbons (Fsp3) is 0.125. The molecular formula is C16H13Cl2NO4. The average Bonchev–Trinajstić information content (AvgIpc) is 2.49. The fourth-order valence-corrected chi connectivity index (χ4v) is 2.37. The molecule has 2 N–H and O–H groups in total. The molecule has 120 valence electrons. The third kappa shape index (κ3) is 4.37. The molecule has 0 aromatic heterocycles. The van der Waals surface area contributed by atoms with Crippen molar-refractivity contribution < 1.29 is 19.4 Å². The second-order valence-corrected chi connectivity index (χ2v) is 5.53. The van der Waals surface area contributed by atoms with Crippen molar-refractivity contribution in [2.75, 3.05) is 11.9 Å². The number of nitrogens with one attached hydrogen (secondary N) is 1. The minimum Gasteiger partial charge on any atom is -0.483 e. The molecule has 0 fully saturated rings. The van der Waals surface area contributed by atoms with Crippen LogP contribution < -0.4 is 10.1 Å². The number of para-hydroxylation sites is 1. The van der Waals surface area contributed by atoms with Crippen LogP contribution in [0.3, 0.4) is 0 Å². The predicted molar refractivity (Wildman–Crippen MR) is 88.7 cm³/mol. The smallest absolute Gasteiger partial charge is 0.337 e. The third-order valence-electron chi connectivity index (χ3n) is 3.01. The molecule has 7 heteroatoms. The molecule has 0 atom stereocenters. The Kier molecular flexibility index (Phi) is 5.47. The van der Waals surface area contributed by atoms with Crippen molar-refractivity contribution >= 4 is 40.8 Å². The first-order valence-electron chi connectivity index (χ1n) is 6.59. The van der Waals surface area contributed by atoms with E-state index in [1.54, 1.807) is 12.1 Å². The van der Waals surface area contributed by atoms with E-state index in [2.05, 4.69) is 5.32 Å². The second kappa shape index (κ2) is 7.35. The maximum atomic E-state index is 11.9. The summed E-state index contributed by atoms with van der Waals surface area (Å²) < 4.78 is 5.41. The summed E-state index contributed by atoms with van der Waals surface area (Å²) in [7, 11) is 0. The molecule has 2 aromatic carbocycles. The number of halogens is 2. The van der Waals surface area contributed by atoms with E-state index < -0.39 is 11.9 Å². The summed E-state index contributed by atoms with van der Waals surface area (Å²) in [5.74, 6) is -1.08. The first kappa shape index (κ1) is 17.1. The van der Waals surface area contributed by atoms with Gasteiger partial charge in [0.15, 0.2) is 6.61 Å². The molecule has 0 unspecified atom stereocenters. The highest BCUT2D eigenvalue weighted by Gasteiger charge is 2.15. The molecule has 23 heavy (non-hydrogen) atoms. The van der Waals surface area contributed by atoms with Crippen LogP contribution in [0.5, 0.6) is 5.75 Å². The third-order valence-corrected chi connectivity index (χ3v) is 3.64. The van der Waals surface area contributed by atoms with Gasteiger partial charge in [-0.25, -0.2) is 4.79 Å². The van der Waals surface area contributed by atoms with E-state index in [9.17, 15) is 9.59 Å². The molecule has 0 aliphatic rings. The zero-order valence-corrected chi connectivity index (χ0v) is 13.6. The molecule has 5 nitrogen and oxygen atoms in total. The Bertz CT molecular complexity index is 762. The summed E-state index contributed by atoms with van der Waals surface area (Å²) in [6, 6.07) is 9.75. The minimum atomic E-state index is -1.21. The molecule has 0 aliphatic heterocycles. The van der Waals surface area contributed by atoms with Gasteiger partial charge in [0, 0.05) is 0 Å². The number of carboxylic acids is 1. The molecular weight excluding hydrogens is 341 g/mol. The second-order valence-electron chi connectivity index (χ2n) is 4.72.